The van der Waals surface area contributed by atoms with Gasteiger partial charge in [-0.2, -0.15) is 0 Å². The molecule has 0 amide bonds. The molecule has 176 valence electrons. The number of carbonyl (C=O) groups is 2. The zero-order valence-electron chi connectivity index (χ0n) is 20.2. The molecule has 1 rings (SSSR count). The van der Waals surface area contributed by atoms with Gasteiger partial charge in [-0.25, -0.2) is 0 Å². The quantitative estimate of drug-likeness (QED) is 0.657. The summed E-state index contributed by atoms with van der Waals surface area (Å²) < 4.78 is 5.48. The Morgan fingerprint density at radius 2 is 1.20 bits per heavy atom. The molecule has 0 spiro atoms. The van der Waals surface area contributed by atoms with Crippen LogP contribution >= 0.6 is 0 Å². The molecule has 30 heavy (non-hydrogen) atoms. The van der Waals surface area contributed by atoms with Crippen molar-refractivity contribution in [2.75, 3.05) is 79.0 Å². The molecule has 1 fully saturated rings. The minimum Gasteiger partial charge on any atom is -0.480 e. The van der Waals surface area contributed by atoms with E-state index in [4.69, 9.17) is 4.74 Å². The normalized spacial score (nSPS) is 20.4. The number of nitrogens with zero attached hydrogens (tertiary/aromatic N) is 4. The molecular formula is C22H44N4O4. The summed E-state index contributed by atoms with van der Waals surface area (Å²) in [6.45, 7) is 19.8. The van der Waals surface area contributed by atoms with Gasteiger partial charge in [-0.3, -0.25) is 19.4 Å². The molecular weight excluding hydrogens is 384 g/mol. The van der Waals surface area contributed by atoms with E-state index in [1.807, 2.05) is 25.7 Å². The number of aliphatic carboxylic acids is 1. The largest absolute Gasteiger partial charge is 0.480 e. The first-order chi connectivity index (χ1) is 13.7. The second-order valence-corrected chi connectivity index (χ2v) is 10.7. The van der Waals surface area contributed by atoms with E-state index in [9.17, 15) is 14.7 Å². The molecule has 0 aromatic carbocycles. The Morgan fingerprint density at radius 1 is 0.767 bits per heavy atom. The van der Waals surface area contributed by atoms with E-state index >= 15 is 0 Å². The number of rotatable bonds is 5. The Labute approximate surface area is 183 Å². The van der Waals surface area contributed by atoms with Crippen molar-refractivity contribution in [2.24, 2.45) is 5.41 Å². The fourth-order valence-electron chi connectivity index (χ4n) is 3.53. The topological polar surface area (TPSA) is 76.6 Å². The lowest BCUT2D eigenvalue weighted by atomic mass is 9.96. The van der Waals surface area contributed by atoms with E-state index in [1.165, 1.54) is 0 Å². The number of hydrogen-bond donors (Lipinski definition) is 1. The highest BCUT2D eigenvalue weighted by Crippen LogP contribution is 2.15. The van der Waals surface area contributed by atoms with Crippen LogP contribution < -0.4 is 0 Å². The average molecular weight is 429 g/mol. The molecule has 0 aromatic rings. The Morgan fingerprint density at radius 3 is 1.67 bits per heavy atom. The fraction of sp³-hybridized carbons (Fsp3) is 0.909. The average Bonchev–Trinajstić information content (AvgIpc) is 2.54. The van der Waals surface area contributed by atoms with Crippen LogP contribution in [0.4, 0.5) is 0 Å². The molecule has 0 unspecified atom stereocenters. The lowest BCUT2D eigenvalue weighted by Crippen LogP contribution is -2.48. The Kier molecular flexibility index (Phi) is 10.7. The monoisotopic (exact) mass is 428 g/mol. The first-order valence-electron chi connectivity index (χ1n) is 11.0. The second kappa shape index (κ2) is 12.0. The number of carboxylic acids is 1. The number of carboxylic acid groups (broad SMARTS) is 1. The standard InChI is InChI=1S/C22H44N4O4/c1-21(2,3)18-26-11-9-23(7)8-10-25(17-20(29)30-22(4,5)6)13-12-24(14-15-26)16-19(27)28/h8-18H2,1-7H3,(H,27,28). The van der Waals surface area contributed by atoms with Crippen molar-refractivity contribution < 1.29 is 19.4 Å². The van der Waals surface area contributed by atoms with Crippen molar-refractivity contribution >= 4 is 11.9 Å². The van der Waals surface area contributed by atoms with Crippen LogP contribution in [0.1, 0.15) is 41.5 Å². The molecule has 0 aliphatic carbocycles. The smallest absolute Gasteiger partial charge is 0.320 e. The van der Waals surface area contributed by atoms with E-state index in [0.29, 0.717) is 19.6 Å². The van der Waals surface area contributed by atoms with Gasteiger partial charge in [-0.15, -0.1) is 0 Å². The highest BCUT2D eigenvalue weighted by Gasteiger charge is 2.22. The first-order valence-corrected chi connectivity index (χ1v) is 11.0. The van der Waals surface area contributed by atoms with Crippen LogP contribution in [0, 0.1) is 5.41 Å². The minimum absolute atomic E-state index is 0.0174. The van der Waals surface area contributed by atoms with Crippen molar-refractivity contribution in [1.29, 1.82) is 0 Å². The second-order valence-electron chi connectivity index (χ2n) is 10.7. The van der Waals surface area contributed by atoms with Crippen molar-refractivity contribution in [3.8, 4) is 0 Å². The Balaban J connectivity index is 2.83. The van der Waals surface area contributed by atoms with E-state index in [2.05, 4.69) is 42.5 Å². The van der Waals surface area contributed by atoms with Crippen LogP contribution in [-0.2, 0) is 14.3 Å². The first kappa shape index (κ1) is 26.8. The molecule has 1 saturated heterocycles. The maximum Gasteiger partial charge on any atom is 0.320 e. The van der Waals surface area contributed by atoms with Gasteiger partial charge >= 0.3 is 11.9 Å². The maximum atomic E-state index is 12.3. The van der Waals surface area contributed by atoms with Crippen LogP contribution in [-0.4, -0.2) is 121 Å². The van der Waals surface area contributed by atoms with Gasteiger partial charge in [-0.05, 0) is 33.2 Å². The summed E-state index contributed by atoms with van der Waals surface area (Å²) in [4.78, 5) is 32.5. The van der Waals surface area contributed by atoms with Gasteiger partial charge in [0.15, 0.2) is 0 Å². The predicted octanol–water partition coefficient (Wildman–Crippen LogP) is 1.31. The van der Waals surface area contributed by atoms with Gasteiger partial charge in [0, 0.05) is 58.9 Å². The van der Waals surface area contributed by atoms with Crippen molar-refractivity contribution in [3.63, 3.8) is 0 Å². The summed E-state index contributed by atoms with van der Waals surface area (Å²) in [6.07, 6.45) is 0. The molecule has 0 radical (unpaired) electrons. The van der Waals surface area contributed by atoms with E-state index in [-0.39, 0.29) is 24.5 Å². The highest BCUT2D eigenvalue weighted by molar-refractivity contribution is 5.72. The molecule has 1 aliphatic heterocycles. The van der Waals surface area contributed by atoms with Gasteiger partial charge < -0.3 is 19.6 Å². The maximum absolute atomic E-state index is 12.3. The molecule has 0 atom stereocenters. The zero-order chi connectivity index (χ0) is 22.9. The molecule has 8 nitrogen and oxygen atoms in total. The van der Waals surface area contributed by atoms with Gasteiger partial charge in [0.05, 0.1) is 13.1 Å². The number of hydrogen-bond acceptors (Lipinski definition) is 7. The third kappa shape index (κ3) is 13.2. The van der Waals surface area contributed by atoms with Crippen LogP contribution in [0.2, 0.25) is 0 Å². The van der Waals surface area contributed by atoms with Crippen molar-refractivity contribution in [1.82, 2.24) is 19.6 Å². The number of likely N-dealkylation sites (N-methyl/N-ethyl adjacent to an activating group) is 1. The number of ether oxygens (including phenoxy) is 1. The molecule has 0 aromatic heterocycles. The van der Waals surface area contributed by atoms with Gasteiger partial charge in [0.1, 0.15) is 5.60 Å². The van der Waals surface area contributed by atoms with Crippen molar-refractivity contribution in [3.05, 3.63) is 0 Å². The van der Waals surface area contributed by atoms with Gasteiger partial charge in [0.25, 0.3) is 0 Å². The third-order valence-electron chi connectivity index (χ3n) is 4.89. The zero-order valence-corrected chi connectivity index (χ0v) is 20.2. The lowest BCUT2D eigenvalue weighted by Gasteiger charge is -2.35. The van der Waals surface area contributed by atoms with Crippen molar-refractivity contribution in [2.45, 2.75) is 47.1 Å². The van der Waals surface area contributed by atoms with Gasteiger partial charge in [-0.1, -0.05) is 20.8 Å². The van der Waals surface area contributed by atoms with E-state index in [0.717, 1.165) is 39.3 Å². The molecule has 1 aliphatic rings. The summed E-state index contributed by atoms with van der Waals surface area (Å²) >= 11 is 0. The lowest BCUT2D eigenvalue weighted by molar-refractivity contribution is -0.156. The highest BCUT2D eigenvalue weighted by atomic mass is 16.6. The van der Waals surface area contributed by atoms with Crippen LogP contribution in [0.3, 0.4) is 0 Å². The predicted molar refractivity (Wildman–Crippen MR) is 120 cm³/mol. The molecule has 1 N–H and O–H groups in total. The fourth-order valence-corrected chi connectivity index (χ4v) is 3.53. The summed E-state index contributed by atoms with van der Waals surface area (Å²) in [5.41, 5.74) is -0.316. The van der Waals surface area contributed by atoms with E-state index in [1.54, 1.807) is 0 Å². The summed E-state index contributed by atoms with van der Waals surface area (Å²) in [5, 5.41) is 9.33. The van der Waals surface area contributed by atoms with Crippen LogP contribution in [0.15, 0.2) is 0 Å². The number of carbonyl (C=O) groups excluding carboxylic acids is 1. The Bertz CT molecular complexity index is 542. The van der Waals surface area contributed by atoms with Gasteiger partial charge in [0.2, 0.25) is 0 Å². The summed E-state index contributed by atoms with van der Waals surface area (Å²) in [7, 11) is 2.11. The number of esters is 1. The SMILES string of the molecule is CN1CCN(CC(=O)OC(C)(C)C)CCN(CC(=O)O)CCN(CC(C)(C)C)CC1. The molecule has 1 heterocycles. The summed E-state index contributed by atoms with van der Waals surface area (Å²) in [6, 6.07) is 0. The molecule has 0 bridgehead atoms. The third-order valence-corrected chi connectivity index (χ3v) is 4.89. The summed E-state index contributed by atoms with van der Waals surface area (Å²) in [5.74, 6) is -1.05. The molecule has 8 heteroatoms. The minimum atomic E-state index is -0.817. The van der Waals surface area contributed by atoms with Crippen LogP contribution in [0.25, 0.3) is 0 Å². The molecule has 0 saturated carbocycles. The Hall–Kier alpha value is -1.22. The van der Waals surface area contributed by atoms with E-state index < -0.39 is 11.6 Å². The van der Waals surface area contributed by atoms with Crippen LogP contribution in [0.5, 0.6) is 0 Å².